The van der Waals surface area contributed by atoms with Crippen LogP contribution in [0.15, 0.2) is 42.7 Å². The maximum atomic E-state index is 11.3. The summed E-state index contributed by atoms with van der Waals surface area (Å²) < 4.78 is 0. The first-order chi connectivity index (χ1) is 9.75. The average Bonchev–Trinajstić information content (AvgIpc) is 2.98. The van der Waals surface area contributed by atoms with Gasteiger partial charge in [-0.15, -0.1) is 0 Å². The number of benzene rings is 1. The van der Waals surface area contributed by atoms with Gasteiger partial charge < -0.3 is 10.0 Å². The first-order valence-corrected chi connectivity index (χ1v) is 6.60. The minimum Gasteiger partial charge on any atom is -0.478 e. The van der Waals surface area contributed by atoms with E-state index in [9.17, 15) is 9.90 Å². The molecule has 1 aliphatic heterocycles. The second-order valence-electron chi connectivity index (χ2n) is 4.87. The Hall–Kier alpha value is -2.43. The molecule has 1 atom stereocenters. The lowest BCUT2D eigenvalue weighted by molar-refractivity contribution is 0.0695. The van der Waals surface area contributed by atoms with Gasteiger partial charge in [0.05, 0.1) is 5.56 Å². The number of aromatic carboxylic acids is 1. The summed E-state index contributed by atoms with van der Waals surface area (Å²) in [6, 6.07) is 9.02. The number of rotatable bonds is 3. The zero-order chi connectivity index (χ0) is 13.9. The SMILES string of the molecule is O=C(O)c1ccccc1[C@H]1CCN(c2ncccn2)C1. The summed E-state index contributed by atoms with van der Waals surface area (Å²) in [4.78, 5) is 21.9. The molecule has 0 spiro atoms. The van der Waals surface area contributed by atoms with Crippen LogP contribution < -0.4 is 4.90 Å². The lowest BCUT2D eigenvalue weighted by atomic mass is 9.93. The number of carboxylic acids is 1. The van der Waals surface area contributed by atoms with E-state index < -0.39 is 5.97 Å². The van der Waals surface area contributed by atoms with Gasteiger partial charge in [0.15, 0.2) is 0 Å². The van der Waals surface area contributed by atoms with E-state index in [0.717, 1.165) is 25.1 Å². The van der Waals surface area contributed by atoms with Gasteiger partial charge in [0.25, 0.3) is 0 Å². The molecule has 0 bridgehead atoms. The van der Waals surface area contributed by atoms with Crippen molar-refractivity contribution in [2.24, 2.45) is 0 Å². The zero-order valence-electron chi connectivity index (χ0n) is 10.9. The monoisotopic (exact) mass is 269 g/mol. The Bertz CT molecular complexity index is 616. The summed E-state index contributed by atoms with van der Waals surface area (Å²) in [7, 11) is 0. The fourth-order valence-electron chi connectivity index (χ4n) is 2.70. The summed E-state index contributed by atoms with van der Waals surface area (Å²) >= 11 is 0. The highest BCUT2D eigenvalue weighted by molar-refractivity contribution is 5.89. The van der Waals surface area contributed by atoms with Crippen LogP contribution in [0.3, 0.4) is 0 Å². The second kappa shape index (κ2) is 5.28. The lowest BCUT2D eigenvalue weighted by Gasteiger charge is -2.16. The summed E-state index contributed by atoms with van der Waals surface area (Å²) in [6.07, 6.45) is 4.37. The van der Waals surface area contributed by atoms with Crippen molar-refractivity contribution in [1.82, 2.24) is 9.97 Å². The predicted molar refractivity (Wildman–Crippen MR) is 75.0 cm³/mol. The van der Waals surface area contributed by atoms with Crippen molar-refractivity contribution in [3.63, 3.8) is 0 Å². The van der Waals surface area contributed by atoms with Crippen molar-refractivity contribution in [2.75, 3.05) is 18.0 Å². The van der Waals surface area contributed by atoms with Crippen LogP contribution >= 0.6 is 0 Å². The molecule has 1 aromatic heterocycles. The number of carboxylic acid groups (broad SMARTS) is 1. The third-order valence-electron chi connectivity index (χ3n) is 3.65. The van der Waals surface area contributed by atoms with Crippen LogP contribution in [0, 0.1) is 0 Å². The van der Waals surface area contributed by atoms with Crippen LogP contribution in [0.2, 0.25) is 0 Å². The van der Waals surface area contributed by atoms with Gasteiger partial charge in [-0.2, -0.15) is 0 Å². The molecular weight excluding hydrogens is 254 g/mol. The normalized spacial score (nSPS) is 18.2. The van der Waals surface area contributed by atoms with Crippen LogP contribution in [-0.2, 0) is 0 Å². The van der Waals surface area contributed by atoms with E-state index in [1.165, 1.54) is 0 Å². The third-order valence-corrected chi connectivity index (χ3v) is 3.65. The summed E-state index contributed by atoms with van der Waals surface area (Å²) in [5.74, 6) is 0.0592. The molecule has 1 N–H and O–H groups in total. The second-order valence-corrected chi connectivity index (χ2v) is 4.87. The average molecular weight is 269 g/mol. The first kappa shape index (κ1) is 12.6. The van der Waals surface area contributed by atoms with Gasteiger partial charge in [-0.25, -0.2) is 14.8 Å². The van der Waals surface area contributed by atoms with Crippen molar-refractivity contribution in [3.05, 3.63) is 53.9 Å². The predicted octanol–water partition coefficient (Wildman–Crippen LogP) is 2.17. The fraction of sp³-hybridized carbons (Fsp3) is 0.267. The number of anilines is 1. The Morgan fingerprint density at radius 2 is 1.95 bits per heavy atom. The Kier molecular flexibility index (Phi) is 3.33. The fourth-order valence-corrected chi connectivity index (χ4v) is 2.70. The number of hydrogen-bond acceptors (Lipinski definition) is 4. The van der Waals surface area contributed by atoms with Crippen molar-refractivity contribution in [3.8, 4) is 0 Å². The molecule has 0 aliphatic carbocycles. The molecule has 20 heavy (non-hydrogen) atoms. The summed E-state index contributed by atoms with van der Waals surface area (Å²) in [5.41, 5.74) is 1.30. The Morgan fingerprint density at radius 1 is 1.20 bits per heavy atom. The molecule has 1 saturated heterocycles. The molecule has 0 radical (unpaired) electrons. The van der Waals surface area contributed by atoms with Crippen LogP contribution in [0.4, 0.5) is 5.95 Å². The maximum absolute atomic E-state index is 11.3. The first-order valence-electron chi connectivity index (χ1n) is 6.60. The van der Waals surface area contributed by atoms with Gasteiger partial charge in [-0.3, -0.25) is 0 Å². The quantitative estimate of drug-likeness (QED) is 0.925. The van der Waals surface area contributed by atoms with E-state index in [2.05, 4.69) is 14.9 Å². The maximum Gasteiger partial charge on any atom is 0.335 e. The van der Waals surface area contributed by atoms with Gasteiger partial charge in [0.2, 0.25) is 5.95 Å². The van der Waals surface area contributed by atoms with Gasteiger partial charge in [0, 0.05) is 31.4 Å². The summed E-state index contributed by atoms with van der Waals surface area (Å²) in [5, 5.41) is 9.27. The van der Waals surface area contributed by atoms with Crippen LogP contribution in [0.1, 0.15) is 28.3 Å². The number of carbonyl (C=O) groups is 1. The topological polar surface area (TPSA) is 66.3 Å². The third kappa shape index (κ3) is 2.34. The van der Waals surface area contributed by atoms with E-state index in [1.54, 1.807) is 30.6 Å². The number of hydrogen-bond donors (Lipinski definition) is 1. The molecule has 2 aromatic rings. The van der Waals surface area contributed by atoms with Crippen LogP contribution in [0.5, 0.6) is 0 Å². The van der Waals surface area contributed by atoms with E-state index in [0.29, 0.717) is 11.5 Å². The van der Waals surface area contributed by atoms with Crippen molar-refractivity contribution >= 4 is 11.9 Å². The number of nitrogens with zero attached hydrogens (tertiary/aromatic N) is 3. The molecule has 1 aliphatic rings. The van der Waals surface area contributed by atoms with Crippen LogP contribution in [-0.4, -0.2) is 34.1 Å². The van der Waals surface area contributed by atoms with Gasteiger partial charge in [-0.1, -0.05) is 18.2 Å². The number of aromatic nitrogens is 2. The highest BCUT2D eigenvalue weighted by Gasteiger charge is 2.28. The molecule has 0 saturated carbocycles. The molecule has 2 heterocycles. The van der Waals surface area contributed by atoms with Gasteiger partial charge in [0.1, 0.15) is 0 Å². The minimum atomic E-state index is -0.866. The minimum absolute atomic E-state index is 0.214. The van der Waals surface area contributed by atoms with Crippen LogP contribution in [0.25, 0.3) is 0 Å². The van der Waals surface area contributed by atoms with Crippen molar-refractivity contribution < 1.29 is 9.90 Å². The largest absolute Gasteiger partial charge is 0.478 e. The Morgan fingerprint density at radius 3 is 2.70 bits per heavy atom. The van der Waals surface area contributed by atoms with Gasteiger partial charge in [-0.05, 0) is 24.1 Å². The van der Waals surface area contributed by atoms with Gasteiger partial charge >= 0.3 is 5.97 Å². The highest BCUT2D eigenvalue weighted by atomic mass is 16.4. The molecule has 0 unspecified atom stereocenters. The standard InChI is InChI=1S/C15H15N3O2/c19-14(20)13-5-2-1-4-12(13)11-6-9-18(10-11)15-16-7-3-8-17-15/h1-5,7-8,11H,6,9-10H2,(H,19,20)/t11-/m0/s1. The van der Waals surface area contributed by atoms with E-state index >= 15 is 0 Å². The highest BCUT2D eigenvalue weighted by Crippen LogP contribution is 2.31. The van der Waals surface area contributed by atoms with E-state index in [4.69, 9.17) is 0 Å². The molecule has 5 heteroatoms. The van der Waals surface area contributed by atoms with Crippen molar-refractivity contribution in [1.29, 1.82) is 0 Å². The Balaban J connectivity index is 1.83. The Labute approximate surface area is 116 Å². The molecular formula is C15H15N3O2. The molecule has 0 amide bonds. The van der Waals surface area contributed by atoms with E-state index in [-0.39, 0.29) is 5.92 Å². The smallest absolute Gasteiger partial charge is 0.335 e. The lowest BCUT2D eigenvalue weighted by Crippen LogP contribution is -2.21. The molecule has 102 valence electrons. The molecule has 1 aromatic carbocycles. The zero-order valence-corrected chi connectivity index (χ0v) is 10.9. The molecule has 1 fully saturated rings. The molecule has 3 rings (SSSR count). The summed E-state index contributed by atoms with van der Waals surface area (Å²) in [6.45, 7) is 1.61. The molecule has 5 nitrogen and oxygen atoms in total. The van der Waals surface area contributed by atoms with E-state index in [1.807, 2.05) is 12.1 Å². The van der Waals surface area contributed by atoms with Crippen molar-refractivity contribution in [2.45, 2.75) is 12.3 Å².